The van der Waals surface area contributed by atoms with Gasteiger partial charge >= 0.3 is 5.97 Å². The Labute approximate surface area is 111 Å². The normalized spacial score (nSPS) is 34.4. The molecule has 2 aliphatic rings. The quantitative estimate of drug-likeness (QED) is 0.792. The summed E-state index contributed by atoms with van der Waals surface area (Å²) in [6.45, 7) is 2.11. The van der Waals surface area contributed by atoms with Gasteiger partial charge in [-0.15, -0.1) is 0 Å². The van der Waals surface area contributed by atoms with Crippen molar-refractivity contribution >= 4 is 5.97 Å². The van der Waals surface area contributed by atoms with Gasteiger partial charge in [0, 0.05) is 0 Å². The smallest absolute Gasteiger partial charge is 0.309 e. The molecule has 0 bridgehead atoms. The summed E-state index contributed by atoms with van der Waals surface area (Å²) in [5.41, 5.74) is -0.375. The summed E-state index contributed by atoms with van der Waals surface area (Å²) in [7, 11) is 0. The van der Waals surface area contributed by atoms with E-state index in [0.717, 1.165) is 50.4 Å². The first-order valence-corrected chi connectivity index (χ1v) is 7.91. The molecule has 0 aromatic carbocycles. The third kappa shape index (κ3) is 2.89. The van der Waals surface area contributed by atoms with Crippen molar-refractivity contribution in [2.24, 2.45) is 17.3 Å². The average Bonchev–Trinajstić information content (AvgIpc) is 2.41. The molecule has 2 fully saturated rings. The highest BCUT2D eigenvalue weighted by Gasteiger charge is 2.42. The molecule has 0 amide bonds. The minimum Gasteiger partial charge on any atom is -0.481 e. The van der Waals surface area contributed by atoms with Crippen LogP contribution in [0.15, 0.2) is 0 Å². The highest BCUT2D eigenvalue weighted by molar-refractivity contribution is 5.74. The molecule has 2 nitrogen and oxygen atoms in total. The summed E-state index contributed by atoms with van der Waals surface area (Å²) in [6, 6.07) is 0. The fourth-order valence-corrected chi connectivity index (χ4v) is 4.32. The fraction of sp³-hybridized carbons (Fsp3) is 0.938. The van der Waals surface area contributed by atoms with Crippen LogP contribution in [0.2, 0.25) is 0 Å². The molecule has 2 rings (SSSR count). The van der Waals surface area contributed by atoms with Crippen LogP contribution in [0.3, 0.4) is 0 Å². The Bertz CT molecular complexity index is 271. The highest BCUT2D eigenvalue weighted by atomic mass is 16.4. The number of hydrogen-bond donors (Lipinski definition) is 1. The molecular formula is C16H28O2. The Kier molecular flexibility index (Phi) is 4.69. The van der Waals surface area contributed by atoms with Crippen LogP contribution in [0.25, 0.3) is 0 Å². The third-order valence-electron chi connectivity index (χ3n) is 5.49. The van der Waals surface area contributed by atoms with E-state index in [0.29, 0.717) is 0 Å². The number of carbonyl (C=O) groups is 1. The van der Waals surface area contributed by atoms with E-state index in [2.05, 4.69) is 6.92 Å². The first kappa shape index (κ1) is 13.9. The summed E-state index contributed by atoms with van der Waals surface area (Å²) in [5.74, 6) is 1.20. The van der Waals surface area contributed by atoms with Gasteiger partial charge in [0.1, 0.15) is 0 Å². The molecule has 2 heteroatoms. The largest absolute Gasteiger partial charge is 0.481 e. The number of carboxylic acids is 1. The Hall–Kier alpha value is -0.530. The number of aliphatic carboxylic acids is 1. The Balaban J connectivity index is 1.91. The zero-order chi connectivity index (χ0) is 13.0. The monoisotopic (exact) mass is 252 g/mol. The Morgan fingerprint density at radius 1 is 1.06 bits per heavy atom. The molecule has 2 saturated carbocycles. The van der Waals surface area contributed by atoms with Gasteiger partial charge in [0.05, 0.1) is 5.41 Å². The first-order valence-electron chi connectivity index (χ1n) is 7.91. The summed E-state index contributed by atoms with van der Waals surface area (Å²) in [6.07, 6.45) is 13.1. The van der Waals surface area contributed by atoms with E-state index in [1.165, 1.54) is 32.1 Å². The van der Waals surface area contributed by atoms with Crippen LogP contribution in [-0.4, -0.2) is 11.1 Å². The van der Waals surface area contributed by atoms with E-state index in [4.69, 9.17) is 0 Å². The lowest BCUT2D eigenvalue weighted by Gasteiger charge is -2.40. The molecule has 0 spiro atoms. The highest BCUT2D eigenvalue weighted by Crippen LogP contribution is 2.47. The van der Waals surface area contributed by atoms with Crippen LogP contribution >= 0.6 is 0 Å². The van der Waals surface area contributed by atoms with Crippen molar-refractivity contribution in [3.8, 4) is 0 Å². The minimum atomic E-state index is -0.536. The molecule has 0 radical (unpaired) electrons. The number of carboxylic acid groups (broad SMARTS) is 1. The van der Waals surface area contributed by atoms with Gasteiger partial charge < -0.3 is 5.11 Å². The molecule has 0 saturated heterocycles. The maximum Gasteiger partial charge on any atom is 0.309 e. The summed E-state index contributed by atoms with van der Waals surface area (Å²) in [5, 5.41) is 9.52. The van der Waals surface area contributed by atoms with E-state index in [9.17, 15) is 9.90 Å². The van der Waals surface area contributed by atoms with Gasteiger partial charge in [0.15, 0.2) is 0 Å². The first-order chi connectivity index (χ1) is 8.68. The van der Waals surface area contributed by atoms with Crippen molar-refractivity contribution in [3.05, 3.63) is 0 Å². The molecule has 104 valence electrons. The molecule has 2 aliphatic carbocycles. The molecule has 0 aromatic rings. The topological polar surface area (TPSA) is 37.3 Å². The van der Waals surface area contributed by atoms with Crippen LogP contribution in [0.4, 0.5) is 0 Å². The lowest BCUT2D eigenvalue weighted by Crippen LogP contribution is -2.37. The van der Waals surface area contributed by atoms with Crippen LogP contribution in [0.1, 0.15) is 77.6 Å². The maximum atomic E-state index is 11.5. The standard InChI is InChI=1S/C16H28O2/c1-2-10-16(15(17)18)11-8-14(9-12-16)13-6-4-3-5-7-13/h13-14H,2-12H2,1H3,(H,17,18). The zero-order valence-electron chi connectivity index (χ0n) is 11.8. The van der Waals surface area contributed by atoms with Crippen molar-refractivity contribution in [3.63, 3.8) is 0 Å². The second kappa shape index (κ2) is 6.08. The van der Waals surface area contributed by atoms with Crippen molar-refractivity contribution in [2.75, 3.05) is 0 Å². The van der Waals surface area contributed by atoms with Gasteiger partial charge in [-0.05, 0) is 43.9 Å². The maximum absolute atomic E-state index is 11.5. The molecule has 0 aromatic heterocycles. The van der Waals surface area contributed by atoms with Crippen LogP contribution in [0, 0.1) is 17.3 Å². The molecular weight excluding hydrogens is 224 g/mol. The molecule has 0 heterocycles. The van der Waals surface area contributed by atoms with Gasteiger partial charge in [-0.25, -0.2) is 0 Å². The third-order valence-corrected chi connectivity index (χ3v) is 5.49. The number of hydrogen-bond acceptors (Lipinski definition) is 1. The van der Waals surface area contributed by atoms with Crippen molar-refractivity contribution < 1.29 is 9.90 Å². The average molecular weight is 252 g/mol. The second-order valence-corrected chi connectivity index (χ2v) is 6.57. The lowest BCUT2D eigenvalue weighted by molar-refractivity contribution is -0.152. The minimum absolute atomic E-state index is 0.375. The lowest BCUT2D eigenvalue weighted by atomic mass is 9.64. The van der Waals surface area contributed by atoms with Gasteiger partial charge in [0.2, 0.25) is 0 Å². The van der Waals surface area contributed by atoms with Crippen molar-refractivity contribution in [1.82, 2.24) is 0 Å². The van der Waals surface area contributed by atoms with Gasteiger partial charge in [0.25, 0.3) is 0 Å². The van der Waals surface area contributed by atoms with Gasteiger partial charge in [-0.1, -0.05) is 45.4 Å². The summed E-state index contributed by atoms with van der Waals surface area (Å²) in [4.78, 5) is 11.5. The van der Waals surface area contributed by atoms with E-state index < -0.39 is 5.97 Å². The zero-order valence-corrected chi connectivity index (χ0v) is 11.8. The Morgan fingerprint density at radius 3 is 2.11 bits per heavy atom. The predicted molar refractivity (Wildman–Crippen MR) is 73.5 cm³/mol. The van der Waals surface area contributed by atoms with Crippen molar-refractivity contribution in [1.29, 1.82) is 0 Å². The van der Waals surface area contributed by atoms with Crippen LogP contribution in [0.5, 0.6) is 0 Å². The molecule has 0 atom stereocenters. The summed E-state index contributed by atoms with van der Waals surface area (Å²) >= 11 is 0. The second-order valence-electron chi connectivity index (χ2n) is 6.57. The van der Waals surface area contributed by atoms with E-state index >= 15 is 0 Å². The Morgan fingerprint density at radius 2 is 1.61 bits per heavy atom. The summed E-state index contributed by atoms with van der Waals surface area (Å²) < 4.78 is 0. The van der Waals surface area contributed by atoms with E-state index in [1.807, 2.05) is 0 Å². The van der Waals surface area contributed by atoms with Gasteiger partial charge in [-0.3, -0.25) is 4.79 Å². The molecule has 1 N–H and O–H groups in total. The van der Waals surface area contributed by atoms with Crippen LogP contribution < -0.4 is 0 Å². The SMILES string of the molecule is CCCC1(C(=O)O)CCC(C2CCCCC2)CC1. The molecule has 18 heavy (non-hydrogen) atoms. The van der Waals surface area contributed by atoms with E-state index in [1.54, 1.807) is 0 Å². The number of rotatable bonds is 4. The molecule has 0 unspecified atom stereocenters. The van der Waals surface area contributed by atoms with Gasteiger partial charge in [-0.2, -0.15) is 0 Å². The predicted octanol–water partition coefficient (Wildman–Crippen LogP) is 4.63. The fourth-order valence-electron chi connectivity index (χ4n) is 4.32. The van der Waals surface area contributed by atoms with Crippen LogP contribution in [-0.2, 0) is 4.79 Å². The van der Waals surface area contributed by atoms with E-state index in [-0.39, 0.29) is 5.41 Å². The molecule has 0 aliphatic heterocycles. The van der Waals surface area contributed by atoms with Crippen molar-refractivity contribution in [2.45, 2.75) is 77.6 Å².